The highest BCUT2D eigenvalue weighted by Gasteiger charge is 2.46. The third kappa shape index (κ3) is 5.12. The maximum Gasteiger partial charge on any atom is 0.308 e. The molecule has 29 heavy (non-hydrogen) atoms. The number of likely N-dealkylation sites (tertiary alicyclic amines) is 1. The van der Waals surface area contributed by atoms with Crippen LogP contribution in [0.4, 0.5) is 0 Å². The van der Waals surface area contributed by atoms with Crippen molar-refractivity contribution in [2.75, 3.05) is 13.2 Å². The van der Waals surface area contributed by atoms with Gasteiger partial charge < -0.3 is 10.1 Å². The molecule has 1 aliphatic heterocycles. The number of hydrogen-bond acceptors (Lipinski definition) is 5. The molecule has 0 bridgehead atoms. The molecule has 1 aromatic rings. The molecule has 3 atom stereocenters. The van der Waals surface area contributed by atoms with Crippen LogP contribution in [0.15, 0.2) is 40.9 Å². The highest BCUT2D eigenvalue weighted by Crippen LogP contribution is 2.35. The Hall–Kier alpha value is -2.48. The lowest BCUT2D eigenvalue weighted by atomic mass is 9.85. The van der Waals surface area contributed by atoms with Crippen LogP contribution in [0.2, 0.25) is 0 Å². The first kappa shape index (κ1) is 21.2. The smallest absolute Gasteiger partial charge is 0.308 e. The molecule has 2 aliphatic rings. The zero-order valence-electron chi connectivity index (χ0n) is 16.1. The minimum atomic E-state index is -0.620. The third-order valence-corrected chi connectivity index (χ3v) is 5.78. The lowest BCUT2D eigenvalue weighted by Gasteiger charge is -2.15. The molecule has 0 aromatic heterocycles. The quantitative estimate of drug-likeness (QED) is 0.381. The summed E-state index contributed by atoms with van der Waals surface area (Å²) < 4.78 is 5.93. The van der Waals surface area contributed by atoms with Crippen LogP contribution in [-0.4, -0.2) is 41.7 Å². The standard InChI is InChI=1S/C21H23BrN2O5/c1-13(14-6-8-15(22)9-7-14)23-18(25)12-29-19(26)10-11-24-20(27)16-4-2-3-5-17(16)21(24)28/h2-3,6-9,13,16-17H,4-5,10-12H2,1H3,(H,23,25)/t13-,16+,17+/m1/s1. The number of halogens is 1. The Morgan fingerprint density at radius 1 is 1.14 bits per heavy atom. The number of nitrogens with one attached hydrogen (secondary N) is 1. The number of hydrogen-bond donors (Lipinski definition) is 1. The number of amides is 3. The van der Waals surface area contributed by atoms with E-state index in [2.05, 4.69) is 21.2 Å². The van der Waals surface area contributed by atoms with Crippen molar-refractivity contribution < 1.29 is 23.9 Å². The lowest BCUT2D eigenvalue weighted by molar-refractivity contribution is -0.150. The van der Waals surface area contributed by atoms with Crippen LogP contribution >= 0.6 is 15.9 Å². The number of imide groups is 1. The number of allylic oxidation sites excluding steroid dienone is 2. The van der Waals surface area contributed by atoms with Crippen molar-refractivity contribution in [1.29, 1.82) is 0 Å². The third-order valence-electron chi connectivity index (χ3n) is 5.25. The van der Waals surface area contributed by atoms with Gasteiger partial charge >= 0.3 is 5.97 Å². The summed E-state index contributed by atoms with van der Waals surface area (Å²) in [5.41, 5.74) is 0.926. The van der Waals surface area contributed by atoms with E-state index in [0.717, 1.165) is 14.9 Å². The molecule has 154 valence electrons. The zero-order valence-corrected chi connectivity index (χ0v) is 17.7. The van der Waals surface area contributed by atoms with E-state index in [1.54, 1.807) is 0 Å². The summed E-state index contributed by atoms with van der Waals surface area (Å²) in [7, 11) is 0. The summed E-state index contributed by atoms with van der Waals surface area (Å²) in [6, 6.07) is 7.30. The zero-order chi connectivity index (χ0) is 21.0. The number of rotatable bonds is 7. The van der Waals surface area contributed by atoms with E-state index in [-0.39, 0.29) is 42.7 Å². The second-order valence-corrected chi connectivity index (χ2v) is 8.15. The van der Waals surface area contributed by atoms with Gasteiger partial charge in [0.25, 0.3) is 5.91 Å². The highest BCUT2D eigenvalue weighted by atomic mass is 79.9. The van der Waals surface area contributed by atoms with E-state index in [0.29, 0.717) is 12.8 Å². The number of fused-ring (bicyclic) bond motifs is 1. The van der Waals surface area contributed by atoms with Crippen LogP contribution in [0.1, 0.15) is 37.8 Å². The number of carbonyl (C=O) groups is 4. The van der Waals surface area contributed by atoms with Crippen molar-refractivity contribution in [3.05, 3.63) is 46.5 Å². The van der Waals surface area contributed by atoms with Crippen molar-refractivity contribution in [1.82, 2.24) is 10.2 Å². The van der Waals surface area contributed by atoms with Crippen LogP contribution in [0, 0.1) is 11.8 Å². The summed E-state index contributed by atoms with van der Waals surface area (Å²) >= 11 is 3.36. The van der Waals surface area contributed by atoms with E-state index in [1.165, 1.54) is 0 Å². The van der Waals surface area contributed by atoms with Gasteiger partial charge in [0.1, 0.15) is 0 Å². The van der Waals surface area contributed by atoms with E-state index >= 15 is 0 Å². The van der Waals surface area contributed by atoms with Gasteiger partial charge in [-0.1, -0.05) is 40.2 Å². The van der Waals surface area contributed by atoms with Crippen LogP contribution < -0.4 is 5.32 Å². The SMILES string of the molecule is C[C@@H](NC(=O)COC(=O)CCN1C(=O)[C@H]2CC=CC[C@@H]2C1=O)c1ccc(Br)cc1. The second-order valence-electron chi connectivity index (χ2n) is 7.24. The van der Waals surface area contributed by atoms with Crippen LogP contribution in [-0.2, 0) is 23.9 Å². The molecule has 8 heteroatoms. The monoisotopic (exact) mass is 462 g/mol. The summed E-state index contributed by atoms with van der Waals surface area (Å²) in [5, 5.41) is 2.76. The largest absolute Gasteiger partial charge is 0.456 e. The summed E-state index contributed by atoms with van der Waals surface area (Å²) in [6.07, 6.45) is 4.83. The number of ether oxygens (including phenoxy) is 1. The van der Waals surface area contributed by atoms with Gasteiger partial charge in [-0.15, -0.1) is 0 Å². The predicted molar refractivity (Wildman–Crippen MR) is 108 cm³/mol. The Labute approximate surface area is 177 Å². The highest BCUT2D eigenvalue weighted by molar-refractivity contribution is 9.10. The molecule has 0 spiro atoms. The van der Waals surface area contributed by atoms with E-state index in [1.807, 2.05) is 43.3 Å². The molecule has 1 heterocycles. The summed E-state index contributed by atoms with van der Waals surface area (Å²) in [4.78, 5) is 49.8. The average molecular weight is 463 g/mol. The van der Waals surface area contributed by atoms with Crippen molar-refractivity contribution in [3.8, 4) is 0 Å². The van der Waals surface area contributed by atoms with Gasteiger partial charge in [0.15, 0.2) is 6.61 Å². The van der Waals surface area contributed by atoms with Crippen LogP contribution in [0.5, 0.6) is 0 Å². The Morgan fingerprint density at radius 3 is 2.31 bits per heavy atom. The van der Waals surface area contributed by atoms with Gasteiger partial charge in [0.05, 0.1) is 24.3 Å². The second kappa shape index (κ2) is 9.35. The first-order valence-corrected chi connectivity index (χ1v) is 10.4. The fourth-order valence-corrected chi connectivity index (χ4v) is 3.89. The Kier molecular flexibility index (Phi) is 6.84. The molecular weight excluding hydrogens is 440 g/mol. The fraction of sp³-hybridized carbons (Fsp3) is 0.429. The van der Waals surface area contributed by atoms with Gasteiger partial charge in [0, 0.05) is 11.0 Å². The number of carbonyl (C=O) groups excluding carboxylic acids is 4. The molecule has 3 rings (SSSR count). The first-order valence-electron chi connectivity index (χ1n) is 9.57. The van der Waals surface area contributed by atoms with Gasteiger partial charge in [-0.2, -0.15) is 0 Å². The van der Waals surface area contributed by atoms with Gasteiger partial charge in [-0.05, 0) is 37.5 Å². The molecule has 1 N–H and O–H groups in total. The molecule has 1 aliphatic carbocycles. The number of esters is 1. The van der Waals surface area contributed by atoms with Crippen LogP contribution in [0.25, 0.3) is 0 Å². The molecule has 3 amide bonds. The molecule has 0 saturated carbocycles. The minimum Gasteiger partial charge on any atom is -0.456 e. The van der Waals surface area contributed by atoms with E-state index in [4.69, 9.17) is 4.74 Å². The molecule has 0 unspecified atom stereocenters. The maximum atomic E-state index is 12.4. The van der Waals surface area contributed by atoms with Crippen molar-refractivity contribution in [3.63, 3.8) is 0 Å². The van der Waals surface area contributed by atoms with Gasteiger partial charge in [-0.3, -0.25) is 24.1 Å². The molecule has 1 aromatic carbocycles. The van der Waals surface area contributed by atoms with E-state index < -0.39 is 18.5 Å². The van der Waals surface area contributed by atoms with Crippen molar-refractivity contribution >= 4 is 39.6 Å². The Morgan fingerprint density at radius 2 is 1.72 bits per heavy atom. The lowest BCUT2D eigenvalue weighted by Crippen LogP contribution is -2.34. The summed E-state index contributed by atoms with van der Waals surface area (Å²) in [5.74, 6) is -2.11. The van der Waals surface area contributed by atoms with Crippen molar-refractivity contribution in [2.24, 2.45) is 11.8 Å². The molecule has 0 radical (unpaired) electrons. The predicted octanol–water partition coefficient (Wildman–Crippen LogP) is 2.51. The van der Waals surface area contributed by atoms with E-state index in [9.17, 15) is 19.2 Å². The Bertz CT molecular complexity index is 810. The maximum absolute atomic E-state index is 12.4. The normalized spacial score (nSPS) is 21.7. The summed E-state index contributed by atoms with van der Waals surface area (Å²) in [6.45, 7) is 1.42. The molecule has 7 nitrogen and oxygen atoms in total. The van der Waals surface area contributed by atoms with Gasteiger partial charge in [0.2, 0.25) is 11.8 Å². The molecule has 1 fully saturated rings. The fourth-order valence-electron chi connectivity index (χ4n) is 3.63. The number of nitrogens with zero attached hydrogens (tertiary/aromatic N) is 1. The van der Waals surface area contributed by atoms with Crippen LogP contribution in [0.3, 0.4) is 0 Å². The molecular formula is C21H23BrN2O5. The Balaban J connectivity index is 1.41. The topological polar surface area (TPSA) is 92.8 Å². The van der Waals surface area contributed by atoms with Gasteiger partial charge in [-0.25, -0.2) is 0 Å². The number of benzene rings is 1. The average Bonchev–Trinajstić information content (AvgIpc) is 2.95. The molecule has 1 saturated heterocycles. The first-order chi connectivity index (χ1) is 13.9. The minimum absolute atomic E-state index is 0.0135. The van der Waals surface area contributed by atoms with Crippen molar-refractivity contribution in [2.45, 2.75) is 32.2 Å².